The lowest BCUT2D eigenvalue weighted by Crippen LogP contribution is -2.37. The van der Waals surface area contributed by atoms with Gasteiger partial charge in [0.1, 0.15) is 0 Å². The Bertz CT molecular complexity index is 449. The van der Waals surface area contributed by atoms with Crippen LogP contribution in [0.4, 0.5) is 5.69 Å². The summed E-state index contributed by atoms with van der Waals surface area (Å²) in [5.74, 6) is 0.170. The second-order valence-electron chi connectivity index (χ2n) is 5.23. The minimum Gasteiger partial charge on any atom is -0.346 e. The third-order valence-electron chi connectivity index (χ3n) is 3.74. The third-order valence-corrected chi connectivity index (χ3v) is 3.74. The minimum absolute atomic E-state index is 0.0740. The maximum Gasteiger partial charge on any atom is 0.228 e. The number of hydrogen-bond donors (Lipinski definition) is 2. The molecule has 1 aromatic rings. The van der Waals surface area contributed by atoms with Crippen LogP contribution < -0.4 is 10.6 Å². The molecule has 0 unspecified atom stereocenters. The summed E-state index contributed by atoms with van der Waals surface area (Å²) in [7, 11) is 0. The van der Waals surface area contributed by atoms with Crippen molar-refractivity contribution in [2.24, 2.45) is 5.92 Å². The van der Waals surface area contributed by atoms with Crippen LogP contribution in [0, 0.1) is 5.92 Å². The van der Waals surface area contributed by atoms with Crippen LogP contribution in [-0.4, -0.2) is 32.2 Å². The number of hydrogen-bond acceptors (Lipinski definition) is 4. The molecule has 2 aliphatic heterocycles. The van der Waals surface area contributed by atoms with E-state index in [4.69, 9.17) is 9.47 Å². The number of carbonyl (C=O) groups excluding carboxylic acids is 1. The maximum atomic E-state index is 12.1. The van der Waals surface area contributed by atoms with Crippen molar-refractivity contribution in [1.82, 2.24) is 5.32 Å². The molecule has 20 heavy (non-hydrogen) atoms. The van der Waals surface area contributed by atoms with Crippen LogP contribution >= 0.6 is 0 Å². The molecule has 5 heteroatoms. The van der Waals surface area contributed by atoms with E-state index in [2.05, 4.69) is 10.6 Å². The zero-order valence-corrected chi connectivity index (χ0v) is 11.4. The smallest absolute Gasteiger partial charge is 0.228 e. The van der Waals surface area contributed by atoms with Gasteiger partial charge in [0.05, 0.1) is 19.1 Å². The van der Waals surface area contributed by atoms with Gasteiger partial charge in [0.15, 0.2) is 6.29 Å². The van der Waals surface area contributed by atoms with Crippen LogP contribution in [-0.2, 0) is 14.3 Å². The number of piperidine rings is 1. The molecular formula is C15H20N2O3. The zero-order valence-electron chi connectivity index (χ0n) is 11.4. The highest BCUT2D eigenvalue weighted by Crippen LogP contribution is 2.24. The second-order valence-corrected chi connectivity index (χ2v) is 5.23. The van der Waals surface area contributed by atoms with Gasteiger partial charge in [-0.05, 0) is 31.5 Å². The summed E-state index contributed by atoms with van der Waals surface area (Å²) in [5.41, 5.74) is 1.81. The van der Waals surface area contributed by atoms with Crippen LogP contribution in [0.3, 0.4) is 0 Å². The molecule has 0 bridgehead atoms. The first kappa shape index (κ1) is 13.5. The first-order valence-electron chi connectivity index (χ1n) is 7.18. The van der Waals surface area contributed by atoms with Crippen LogP contribution in [0.2, 0.25) is 0 Å². The fourth-order valence-corrected chi connectivity index (χ4v) is 2.59. The molecule has 2 aliphatic rings. The lowest BCUT2D eigenvalue weighted by molar-refractivity contribution is -0.120. The largest absolute Gasteiger partial charge is 0.346 e. The Hall–Kier alpha value is -1.43. The Morgan fingerprint density at radius 3 is 2.60 bits per heavy atom. The standard InChI is InChI=1S/C15H20N2O3/c18-14(12-2-1-7-16-10-12)17-13-5-3-11(4-6-13)15-19-8-9-20-15/h3-6,12,15-16H,1-2,7-10H2,(H,17,18)/t12-/m1/s1. The van der Waals surface area contributed by atoms with Gasteiger partial charge in [-0.3, -0.25) is 4.79 Å². The first-order valence-corrected chi connectivity index (χ1v) is 7.18. The van der Waals surface area contributed by atoms with Crippen molar-refractivity contribution in [1.29, 1.82) is 0 Å². The van der Waals surface area contributed by atoms with E-state index in [1.54, 1.807) is 0 Å². The van der Waals surface area contributed by atoms with E-state index in [-0.39, 0.29) is 18.1 Å². The summed E-state index contributed by atoms with van der Waals surface area (Å²) in [5, 5.41) is 6.22. The number of anilines is 1. The van der Waals surface area contributed by atoms with Gasteiger partial charge in [0, 0.05) is 17.8 Å². The molecule has 0 radical (unpaired) electrons. The van der Waals surface area contributed by atoms with Crippen molar-refractivity contribution in [2.75, 3.05) is 31.6 Å². The molecule has 108 valence electrons. The van der Waals surface area contributed by atoms with Gasteiger partial charge >= 0.3 is 0 Å². The molecule has 0 aromatic heterocycles. The highest BCUT2D eigenvalue weighted by atomic mass is 16.7. The molecule has 3 rings (SSSR count). The zero-order chi connectivity index (χ0) is 13.8. The van der Waals surface area contributed by atoms with Gasteiger partial charge < -0.3 is 20.1 Å². The van der Waals surface area contributed by atoms with Crippen molar-refractivity contribution < 1.29 is 14.3 Å². The fraction of sp³-hybridized carbons (Fsp3) is 0.533. The summed E-state index contributed by atoms with van der Waals surface area (Å²) in [4.78, 5) is 12.1. The highest BCUT2D eigenvalue weighted by Gasteiger charge is 2.21. The van der Waals surface area contributed by atoms with E-state index in [1.807, 2.05) is 24.3 Å². The third kappa shape index (κ3) is 3.17. The Morgan fingerprint density at radius 2 is 1.95 bits per heavy atom. The summed E-state index contributed by atoms with van der Waals surface area (Å²) in [6.45, 7) is 3.06. The van der Waals surface area contributed by atoms with E-state index in [0.717, 1.165) is 37.2 Å². The minimum atomic E-state index is -0.262. The Morgan fingerprint density at radius 1 is 1.20 bits per heavy atom. The molecule has 2 fully saturated rings. The van der Waals surface area contributed by atoms with Crippen LogP contribution in [0.25, 0.3) is 0 Å². The lowest BCUT2D eigenvalue weighted by Gasteiger charge is -2.22. The van der Waals surface area contributed by atoms with Crippen LogP contribution in [0.1, 0.15) is 24.7 Å². The molecule has 1 aromatic carbocycles. The molecule has 5 nitrogen and oxygen atoms in total. The molecule has 2 saturated heterocycles. The number of carbonyl (C=O) groups is 1. The molecule has 1 atom stereocenters. The van der Waals surface area contributed by atoms with Gasteiger partial charge in [0.25, 0.3) is 0 Å². The average Bonchev–Trinajstić information content (AvgIpc) is 3.03. The van der Waals surface area contributed by atoms with E-state index in [1.165, 1.54) is 0 Å². The average molecular weight is 276 g/mol. The number of benzene rings is 1. The van der Waals surface area contributed by atoms with Crippen LogP contribution in [0.5, 0.6) is 0 Å². The summed E-state index contributed by atoms with van der Waals surface area (Å²) < 4.78 is 10.9. The van der Waals surface area contributed by atoms with Gasteiger partial charge in [0.2, 0.25) is 5.91 Å². The predicted molar refractivity (Wildman–Crippen MR) is 75.3 cm³/mol. The summed E-state index contributed by atoms with van der Waals surface area (Å²) in [6, 6.07) is 7.67. The molecular weight excluding hydrogens is 256 g/mol. The van der Waals surface area contributed by atoms with E-state index in [0.29, 0.717) is 13.2 Å². The van der Waals surface area contributed by atoms with Gasteiger partial charge in [-0.1, -0.05) is 12.1 Å². The van der Waals surface area contributed by atoms with E-state index < -0.39 is 0 Å². The summed E-state index contributed by atoms with van der Waals surface area (Å²) >= 11 is 0. The van der Waals surface area contributed by atoms with Crippen molar-refractivity contribution in [3.8, 4) is 0 Å². The highest BCUT2D eigenvalue weighted by molar-refractivity contribution is 5.92. The quantitative estimate of drug-likeness (QED) is 0.881. The normalized spacial score (nSPS) is 23.7. The van der Waals surface area contributed by atoms with Crippen molar-refractivity contribution >= 4 is 11.6 Å². The molecule has 0 aliphatic carbocycles. The molecule has 2 N–H and O–H groups in total. The fourth-order valence-electron chi connectivity index (χ4n) is 2.59. The van der Waals surface area contributed by atoms with E-state index >= 15 is 0 Å². The van der Waals surface area contributed by atoms with E-state index in [9.17, 15) is 4.79 Å². The molecule has 1 amide bonds. The second kappa shape index (κ2) is 6.35. The predicted octanol–water partition coefficient (Wildman–Crippen LogP) is 1.67. The lowest BCUT2D eigenvalue weighted by atomic mass is 9.99. The molecule has 0 spiro atoms. The number of ether oxygens (including phenoxy) is 2. The van der Waals surface area contributed by atoms with Crippen molar-refractivity contribution in [2.45, 2.75) is 19.1 Å². The van der Waals surface area contributed by atoms with Crippen molar-refractivity contribution in [3.63, 3.8) is 0 Å². The monoisotopic (exact) mass is 276 g/mol. The molecule has 2 heterocycles. The Labute approximate surface area is 118 Å². The van der Waals surface area contributed by atoms with Crippen molar-refractivity contribution in [3.05, 3.63) is 29.8 Å². The van der Waals surface area contributed by atoms with Crippen LogP contribution in [0.15, 0.2) is 24.3 Å². The van der Waals surface area contributed by atoms with Gasteiger partial charge in [-0.15, -0.1) is 0 Å². The van der Waals surface area contributed by atoms with Gasteiger partial charge in [-0.25, -0.2) is 0 Å². The molecule has 0 saturated carbocycles. The van der Waals surface area contributed by atoms with Gasteiger partial charge in [-0.2, -0.15) is 0 Å². The summed E-state index contributed by atoms with van der Waals surface area (Å²) in [6.07, 6.45) is 1.76. The Balaban J connectivity index is 1.58. The maximum absolute atomic E-state index is 12.1. The SMILES string of the molecule is O=C(Nc1ccc(C2OCCO2)cc1)[C@@H]1CCCNC1. The Kier molecular flexibility index (Phi) is 4.30. The first-order chi connectivity index (χ1) is 9.83. The number of nitrogens with one attached hydrogen (secondary N) is 2. The number of amides is 1. The number of rotatable bonds is 3. The topological polar surface area (TPSA) is 59.6 Å².